The maximum absolute atomic E-state index is 13.7. The number of rotatable bonds is 13. The predicted octanol–water partition coefficient (Wildman–Crippen LogP) is 22.0. The number of methoxy groups -OCH3 is 1. The molecule has 21 nitrogen and oxygen atoms in total. The molecule has 0 unspecified atom stereocenters. The summed E-state index contributed by atoms with van der Waals surface area (Å²) in [6.07, 6.45) is -4.53. The van der Waals surface area contributed by atoms with Gasteiger partial charge in [0, 0.05) is 73.7 Å². The molecule has 10 aromatic carbocycles. The molecule has 20 rings (SSSR count). The van der Waals surface area contributed by atoms with E-state index in [0.717, 1.165) is 86.5 Å². The molecule has 2 aliphatic rings. The normalized spacial score (nSPS) is 12.7. The average molecular weight is 1990 g/mol. The first kappa shape index (κ1) is 90.2. The monoisotopic (exact) mass is 1990 g/mol. The topological polar surface area (TPSA) is 299 Å². The number of pyridine rings is 4. The standard InChI is InChI=1S/C26H14BrF4NO4S.C26H17BrFNO5S.2C23H16FNO4S/c27-15-5-10-18-19(11-15)32(12-13-1-6-16(28)7-2-13)24(34)20-21(33)23(25(35)36-22(18)20)37-17-8-3-14(4-9-17)26(29,30)31;1-33-17-7-9-18(10-8-17)35-24-22(30)21-23(34-26(24)32)19-11-4-15(27)12-20(19)29(25(21)31)13-14-2-5-16(28)6-3-14;1-23(2)14-8-3-4-9-15(14)25-17(23)11-16-18(21(25)27)19(26)20(22(28)29-16)30-13-7-5-6-12(24)10-13;1-23(2)14-5-3-4-6-15(14)25-17(23)11-16-18(21(25)27)19(26)20(22(28)29-16)30-13-9-7-12(24)8-10-13/h1-11,33H,12H2;2-12,30H,13H2,1H3;2*3-11,26H,1-2H3. The van der Waals surface area contributed by atoms with Crippen molar-refractivity contribution >= 4 is 145 Å². The fraction of sp³-hybridized carbons (Fsp3) is 0.102. The van der Waals surface area contributed by atoms with Crippen LogP contribution in [0.2, 0.25) is 0 Å². The molecule has 10 heterocycles. The van der Waals surface area contributed by atoms with Crippen molar-refractivity contribution in [1.29, 1.82) is 0 Å². The minimum atomic E-state index is -4.53. The Hall–Kier alpha value is -13.8. The smallest absolute Gasteiger partial charge is 0.416 e. The van der Waals surface area contributed by atoms with Crippen molar-refractivity contribution in [2.45, 2.75) is 97.0 Å². The molecule has 34 heteroatoms. The SMILES string of the molecule is CC1(C)c2ccccc2-n2c1cc1oc(=O)c(Sc3ccc(F)cc3)c(O)c1c2=O.CC1(C)c2ccccc2-n2c1cc1oc(=O)c(Sc3cccc(F)c3)c(O)c1c2=O.COc1ccc(Sc2c(O)c3c(=O)n(Cc4ccc(F)cc4)c4cc(Br)ccc4c3oc2=O)cc1.O=c1oc2c(c(O)c1Sc1ccc(C(F)(F)F)cc1)c(=O)n(Cc1ccc(F)cc1)c1cc(Br)ccc21. The van der Waals surface area contributed by atoms with E-state index in [-0.39, 0.29) is 87.3 Å². The highest BCUT2D eigenvalue weighted by Gasteiger charge is 2.41. The number of halogens is 9. The van der Waals surface area contributed by atoms with Gasteiger partial charge in [-0.15, -0.1) is 0 Å². The second-order valence-corrected chi connectivity index (χ2v) is 37.3. The average Bonchev–Trinajstić information content (AvgIpc) is 1.57. The van der Waals surface area contributed by atoms with E-state index in [2.05, 4.69) is 31.9 Å². The number of ether oxygens (including phenoxy) is 1. The molecular formula is C98H63Br2F7N4O17S4. The number of hydrogen-bond acceptors (Lipinski definition) is 21. The zero-order chi connectivity index (χ0) is 93.6. The Bertz CT molecular complexity index is 8340. The van der Waals surface area contributed by atoms with E-state index in [0.29, 0.717) is 81.0 Å². The van der Waals surface area contributed by atoms with Crippen LogP contribution in [0.25, 0.3) is 77.1 Å². The lowest BCUT2D eigenvalue weighted by molar-refractivity contribution is -0.137. The number of benzene rings is 10. The zero-order valence-electron chi connectivity index (χ0n) is 68.9. The van der Waals surface area contributed by atoms with Crippen molar-refractivity contribution in [3.8, 4) is 40.1 Å². The third-order valence-corrected chi connectivity index (χ3v) is 27.5. The lowest BCUT2D eigenvalue weighted by Crippen LogP contribution is -2.24. The minimum absolute atomic E-state index is 0.00874. The molecule has 0 atom stereocenters. The molecule has 0 aliphatic carbocycles. The first-order valence-corrected chi connectivity index (χ1v) is 44.5. The van der Waals surface area contributed by atoms with E-state index >= 15 is 0 Å². The van der Waals surface area contributed by atoms with E-state index in [1.165, 1.54) is 88.0 Å². The molecule has 8 aromatic heterocycles. The van der Waals surface area contributed by atoms with Crippen LogP contribution in [0.15, 0.2) is 347 Å². The maximum Gasteiger partial charge on any atom is 0.416 e. The number of hydrogen-bond donors (Lipinski definition) is 4. The number of para-hydroxylation sites is 2. The number of aromatic hydroxyl groups is 4. The lowest BCUT2D eigenvalue weighted by Gasteiger charge is -2.20. The second-order valence-electron chi connectivity index (χ2n) is 31.2. The molecule has 0 radical (unpaired) electrons. The summed E-state index contributed by atoms with van der Waals surface area (Å²) in [6, 6.07) is 61.9. The van der Waals surface area contributed by atoms with Crippen molar-refractivity contribution in [2.24, 2.45) is 0 Å². The van der Waals surface area contributed by atoms with Crippen LogP contribution in [0.5, 0.6) is 28.7 Å². The summed E-state index contributed by atoms with van der Waals surface area (Å²) >= 11 is 10.2. The Labute approximate surface area is 772 Å². The summed E-state index contributed by atoms with van der Waals surface area (Å²) in [5, 5.41) is 44.3. The second kappa shape index (κ2) is 35.5. The molecule has 132 heavy (non-hydrogen) atoms. The molecule has 0 amide bonds. The molecule has 0 fully saturated rings. The molecule has 664 valence electrons. The Morgan fingerprint density at radius 2 is 0.735 bits per heavy atom. The first-order valence-electron chi connectivity index (χ1n) is 39.6. The largest absolute Gasteiger partial charge is 0.505 e. The quantitative estimate of drug-likeness (QED) is 0.0616. The van der Waals surface area contributed by atoms with Crippen LogP contribution in [-0.2, 0) is 30.1 Å². The maximum atomic E-state index is 13.7. The summed E-state index contributed by atoms with van der Waals surface area (Å²) in [6.45, 7) is 8.12. The molecular weight excluding hydrogens is 1930 g/mol. The summed E-state index contributed by atoms with van der Waals surface area (Å²) < 4.78 is 127. The molecule has 2 aliphatic heterocycles. The van der Waals surface area contributed by atoms with Crippen LogP contribution in [0, 0.1) is 23.3 Å². The van der Waals surface area contributed by atoms with Crippen LogP contribution in [-0.4, -0.2) is 45.8 Å². The van der Waals surface area contributed by atoms with Gasteiger partial charge < -0.3 is 52.0 Å². The van der Waals surface area contributed by atoms with Crippen LogP contribution >= 0.6 is 78.9 Å². The van der Waals surface area contributed by atoms with Crippen molar-refractivity contribution in [3.63, 3.8) is 0 Å². The fourth-order valence-electron chi connectivity index (χ4n) is 15.8. The minimum Gasteiger partial charge on any atom is -0.505 e. The van der Waals surface area contributed by atoms with E-state index in [4.69, 9.17) is 22.4 Å². The third kappa shape index (κ3) is 16.9. The molecule has 4 N–H and O–H groups in total. The van der Waals surface area contributed by atoms with Gasteiger partial charge in [-0.3, -0.25) is 28.3 Å². The molecule has 0 spiro atoms. The molecule has 0 saturated carbocycles. The Balaban J connectivity index is 0.000000123. The summed E-state index contributed by atoms with van der Waals surface area (Å²) in [5.74, 6) is -3.04. The third-order valence-electron chi connectivity index (χ3n) is 22.2. The highest BCUT2D eigenvalue weighted by molar-refractivity contribution is 9.10. The van der Waals surface area contributed by atoms with Gasteiger partial charge in [-0.25, -0.2) is 36.7 Å². The van der Waals surface area contributed by atoms with Crippen molar-refractivity contribution in [1.82, 2.24) is 18.3 Å². The highest BCUT2D eigenvalue weighted by atomic mass is 79.9. The predicted molar refractivity (Wildman–Crippen MR) is 496 cm³/mol. The fourth-order valence-corrected chi connectivity index (χ4v) is 19.8. The molecule has 0 saturated heterocycles. The van der Waals surface area contributed by atoms with Gasteiger partial charge in [0.25, 0.3) is 22.2 Å². The Kier molecular flexibility index (Phi) is 24.2. The molecule has 18 aromatic rings. The summed E-state index contributed by atoms with van der Waals surface area (Å²) in [5.41, 5.74) is -0.264. The van der Waals surface area contributed by atoms with Gasteiger partial charge in [0.15, 0.2) is 34.2 Å². The Morgan fingerprint density at radius 1 is 0.379 bits per heavy atom. The van der Waals surface area contributed by atoms with E-state index in [9.17, 15) is 89.5 Å². The van der Waals surface area contributed by atoms with Gasteiger partial charge in [0.05, 0.1) is 48.2 Å². The van der Waals surface area contributed by atoms with Crippen molar-refractivity contribution < 1.29 is 73.6 Å². The number of aromatic nitrogens is 4. The number of nitrogens with zero attached hydrogens (tertiary/aromatic N) is 4. The summed E-state index contributed by atoms with van der Waals surface area (Å²) in [4.78, 5) is 106. The van der Waals surface area contributed by atoms with Crippen LogP contribution in [0.1, 0.15) is 66.9 Å². The van der Waals surface area contributed by atoms with E-state index in [1.807, 2.05) is 76.2 Å². The van der Waals surface area contributed by atoms with Gasteiger partial charge in [-0.1, -0.05) is 173 Å². The highest BCUT2D eigenvalue weighted by Crippen LogP contribution is 2.48. The number of alkyl halides is 3. The lowest BCUT2D eigenvalue weighted by atomic mass is 9.83. The Morgan fingerprint density at radius 3 is 1.12 bits per heavy atom. The first-order chi connectivity index (χ1) is 62.9. The van der Waals surface area contributed by atoms with Gasteiger partial charge in [-0.2, -0.15) is 13.2 Å². The van der Waals surface area contributed by atoms with Crippen LogP contribution in [0.4, 0.5) is 30.7 Å². The van der Waals surface area contributed by atoms with Gasteiger partial charge >= 0.3 is 28.7 Å². The van der Waals surface area contributed by atoms with Crippen molar-refractivity contribution in [2.75, 3.05) is 7.11 Å². The van der Waals surface area contributed by atoms with Crippen molar-refractivity contribution in [3.05, 3.63) is 397 Å². The number of fused-ring (bicyclic) bond motifs is 14. The molecule has 0 bridgehead atoms. The van der Waals surface area contributed by atoms with E-state index in [1.54, 1.807) is 107 Å². The summed E-state index contributed by atoms with van der Waals surface area (Å²) in [7, 11) is 1.55. The van der Waals surface area contributed by atoms with Crippen LogP contribution < -0.4 is 49.5 Å². The van der Waals surface area contributed by atoms with E-state index < -0.39 is 108 Å². The van der Waals surface area contributed by atoms with Gasteiger partial charge in [0.2, 0.25) is 0 Å². The van der Waals surface area contributed by atoms with Gasteiger partial charge in [0.1, 0.15) is 81.3 Å². The van der Waals surface area contributed by atoms with Gasteiger partial charge in [-0.05, 0) is 186 Å². The van der Waals surface area contributed by atoms with Crippen LogP contribution in [0.3, 0.4) is 0 Å². The zero-order valence-corrected chi connectivity index (χ0v) is 75.4.